The maximum atomic E-state index is 13.9. The fraction of sp³-hybridized carbons (Fsp3) is 0.583. The number of amides is 1. The Labute approximate surface area is 124 Å². The first-order valence-electron chi connectivity index (χ1n) is 5.83. The minimum Gasteiger partial charge on any atom is -0.587 e. The van der Waals surface area contributed by atoms with Gasteiger partial charge in [-0.3, -0.25) is 0 Å². The number of thiophene rings is 1. The fourth-order valence-corrected chi connectivity index (χ4v) is 4.04. The standard InChI is InChI=1S/C12H18FNO4S2/c1-11(2,3)14(10(15)16)20(18)9-7(13)6-8(19-9)12(4,5)17/h6,17H,1-5H3,(H,15,16)/t20-/m0/s1. The maximum Gasteiger partial charge on any atom is 0.450 e. The molecule has 1 aromatic rings. The number of carbonyl (C=O) groups is 1. The first kappa shape index (κ1) is 17.2. The molecule has 1 aromatic heterocycles. The van der Waals surface area contributed by atoms with Gasteiger partial charge in [0.2, 0.25) is 0 Å². The molecular weight excluding hydrogens is 305 g/mol. The van der Waals surface area contributed by atoms with Crippen LogP contribution in [0.2, 0.25) is 0 Å². The molecule has 0 saturated carbocycles. The van der Waals surface area contributed by atoms with Crippen molar-refractivity contribution < 1.29 is 24.0 Å². The van der Waals surface area contributed by atoms with Crippen LogP contribution in [0, 0.1) is 5.82 Å². The van der Waals surface area contributed by atoms with E-state index in [9.17, 15) is 18.8 Å². The van der Waals surface area contributed by atoms with Crippen LogP contribution < -0.4 is 0 Å². The van der Waals surface area contributed by atoms with Gasteiger partial charge < -0.3 is 14.8 Å². The van der Waals surface area contributed by atoms with Gasteiger partial charge in [-0.25, -0.2) is 9.18 Å². The van der Waals surface area contributed by atoms with E-state index < -0.39 is 34.4 Å². The predicted octanol–water partition coefficient (Wildman–Crippen LogP) is 2.92. The summed E-state index contributed by atoms with van der Waals surface area (Å²) in [6.07, 6.45) is -1.39. The zero-order valence-corrected chi connectivity index (χ0v) is 13.6. The van der Waals surface area contributed by atoms with Gasteiger partial charge in [-0.05, 0) is 40.7 Å². The van der Waals surface area contributed by atoms with Crippen molar-refractivity contribution in [2.75, 3.05) is 0 Å². The number of aliphatic hydroxyl groups is 1. The minimum absolute atomic E-state index is 0.209. The smallest absolute Gasteiger partial charge is 0.450 e. The van der Waals surface area contributed by atoms with Crippen LogP contribution in [-0.2, 0) is 17.0 Å². The molecular formula is C12H18FNO4S2. The summed E-state index contributed by atoms with van der Waals surface area (Å²) in [6.45, 7) is 7.66. The second-order valence-corrected chi connectivity index (χ2v) is 8.38. The Morgan fingerprint density at radius 1 is 1.40 bits per heavy atom. The summed E-state index contributed by atoms with van der Waals surface area (Å²) >= 11 is -1.37. The molecule has 1 amide bonds. The lowest BCUT2D eigenvalue weighted by molar-refractivity contribution is 0.0823. The first-order chi connectivity index (χ1) is 8.85. The van der Waals surface area contributed by atoms with Crippen LogP contribution in [0.5, 0.6) is 0 Å². The summed E-state index contributed by atoms with van der Waals surface area (Å²) in [4.78, 5) is 11.5. The molecule has 114 valence electrons. The highest BCUT2D eigenvalue weighted by molar-refractivity contribution is 7.91. The van der Waals surface area contributed by atoms with Crippen molar-refractivity contribution in [1.82, 2.24) is 4.31 Å². The van der Waals surface area contributed by atoms with E-state index in [4.69, 9.17) is 5.11 Å². The third-order valence-electron chi connectivity index (χ3n) is 2.37. The Bertz CT molecular complexity index is 505. The summed E-state index contributed by atoms with van der Waals surface area (Å²) in [5.74, 6) is -0.777. The molecule has 0 saturated heterocycles. The lowest BCUT2D eigenvalue weighted by atomic mass is 10.1. The van der Waals surface area contributed by atoms with Crippen LogP contribution >= 0.6 is 11.3 Å². The molecule has 0 aliphatic rings. The van der Waals surface area contributed by atoms with Crippen LogP contribution in [0.1, 0.15) is 39.5 Å². The molecule has 1 rings (SSSR count). The zero-order chi connectivity index (χ0) is 15.9. The topological polar surface area (TPSA) is 83.8 Å². The predicted molar refractivity (Wildman–Crippen MR) is 75.5 cm³/mol. The van der Waals surface area contributed by atoms with E-state index in [2.05, 4.69) is 0 Å². The average molecular weight is 323 g/mol. The molecule has 0 aromatic carbocycles. The molecule has 5 nitrogen and oxygen atoms in total. The second-order valence-electron chi connectivity index (χ2n) is 5.80. The Morgan fingerprint density at radius 3 is 2.20 bits per heavy atom. The van der Waals surface area contributed by atoms with E-state index in [1.165, 1.54) is 13.8 Å². The lowest BCUT2D eigenvalue weighted by Crippen LogP contribution is -2.48. The zero-order valence-electron chi connectivity index (χ0n) is 11.9. The van der Waals surface area contributed by atoms with Gasteiger partial charge in [0.25, 0.3) is 4.21 Å². The molecule has 20 heavy (non-hydrogen) atoms. The minimum atomic E-state index is -2.18. The van der Waals surface area contributed by atoms with Crippen molar-refractivity contribution in [2.24, 2.45) is 0 Å². The van der Waals surface area contributed by atoms with Gasteiger partial charge in [-0.15, -0.1) is 4.31 Å². The monoisotopic (exact) mass is 323 g/mol. The van der Waals surface area contributed by atoms with Gasteiger partial charge in [0.1, 0.15) is 11.4 Å². The van der Waals surface area contributed by atoms with Crippen LogP contribution in [0.3, 0.4) is 0 Å². The molecule has 1 atom stereocenters. The maximum absolute atomic E-state index is 13.9. The van der Waals surface area contributed by atoms with E-state index in [1.807, 2.05) is 0 Å². The van der Waals surface area contributed by atoms with E-state index in [1.54, 1.807) is 20.8 Å². The van der Waals surface area contributed by atoms with Crippen molar-refractivity contribution in [3.63, 3.8) is 0 Å². The molecule has 8 heteroatoms. The molecule has 2 N–H and O–H groups in total. The molecule has 0 bridgehead atoms. The summed E-state index contributed by atoms with van der Waals surface area (Å²) < 4.78 is 26.7. The number of hydrogen-bond donors (Lipinski definition) is 2. The Balaban J connectivity index is 3.23. The fourth-order valence-electron chi connectivity index (χ4n) is 1.46. The SMILES string of the molecule is CC(C)(O)c1cc(F)c([S@+]([O-])N(C(=O)O)C(C)(C)C)s1. The van der Waals surface area contributed by atoms with Crippen LogP contribution in [0.15, 0.2) is 10.3 Å². The number of carboxylic acid groups (broad SMARTS) is 1. The molecule has 0 spiro atoms. The first-order valence-corrected chi connectivity index (χ1v) is 7.75. The van der Waals surface area contributed by atoms with Gasteiger partial charge in [0, 0.05) is 4.88 Å². The average Bonchev–Trinajstić information content (AvgIpc) is 2.56. The number of nitrogens with zero attached hydrogens (tertiary/aromatic N) is 1. The van der Waals surface area contributed by atoms with Crippen molar-refractivity contribution >= 4 is 28.8 Å². The Morgan fingerprint density at radius 2 is 1.90 bits per heavy atom. The molecule has 1 heterocycles. The molecule has 0 fully saturated rings. The van der Waals surface area contributed by atoms with Gasteiger partial charge in [0.05, 0.1) is 11.1 Å². The normalized spacial score (nSPS) is 14.2. The van der Waals surface area contributed by atoms with Gasteiger partial charge in [0.15, 0.2) is 5.82 Å². The highest BCUT2D eigenvalue weighted by Gasteiger charge is 2.41. The van der Waals surface area contributed by atoms with Gasteiger partial charge in [-0.1, -0.05) is 11.3 Å². The van der Waals surface area contributed by atoms with Crippen LogP contribution in [-0.4, -0.2) is 30.7 Å². The lowest BCUT2D eigenvalue weighted by Gasteiger charge is -2.31. The third kappa shape index (κ3) is 3.63. The summed E-state index contributed by atoms with van der Waals surface area (Å²) in [5.41, 5.74) is -2.22. The van der Waals surface area contributed by atoms with Crippen molar-refractivity contribution in [1.29, 1.82) is 0 Å². The van der Waals surface area contributed by atoms with Crippen molar-refractivity contribution in [2.45, 2.75) is 50.0 Å². The number of halogens is 1. The van der Waals surface area contributed by atoms with Crippen LogP contribution in [0.4, 0.5) is 9.18 Å². The molecule has 0 radical (unpaired) electrons. The third-order valence-corrected chi connectivity index (χ3v) is 5.81. The molecule has 0 aliphatic heterocycles. The van der Waals surface area contributed by atoms with Crippen molar-refractivity contribution in [3.05, 3.63) is 16.8 Å². The van der Waals surface area contributed by atoms with Gasteiger partial charge in [-0.2, -0.15) is 0 Å². The van der Waals surface area contributed by atoms with Gasteiger partial charge >= 0.3 is 6.09 Å². The Hall–Kier alpha value is -0.830. The van der Waals surface area contributed by atoms with E-state index in [0.717, 1.165) is 17.4 Å². The Kier molecular flexibility index (Phi) is 4.75. The second kappa shape index (κ2) is 5.51. The van der Waals surface area contributed by atoms with Crippen molar-refractivity contribution in [3.8, 4) is 0 Å². The number of hydrogen-bond acceptors (Lipinski definition) is 4. The van der Waals surface area contributed by atoms with E-state index >= 15 is 0 Å². The van der Waals surface area contributed by atoms with E-state index in [0.29, 0.717) is 4.31 Å². The quantitative estimate of drug-likeness (QED) is 0.838. The summed E-state index contributed by atoms with van der Waals surface area (Å²) in [7, 11) is 0. The van der Waals surface area contributed by atoms with E-state index in [-0.39, 0.29) is 9.09 Å². The summed E-state index contributed by atoms with van der Waals surface area (Å²) in [5, 5.41) is 19.0. The molecule has 0 unspecified atom stereocenters. The van der Waals surface area contributed by atoms with Crippen LogP contribution in [0.25, 0.3) is 0 Å². The summed E-state index contributed by atoms with van der Waals surface area (Å²) in [6, 6.07) is 1.08. The molecule has 0 aliphatic carbocycles. The highest BCUT2D eigenvalue weighted by atomic mass is 32.2. The largest absolute Gasteiger partial charge is 0.587 e. The highest BCUT2D eigenvalue weighted by Crippen LogP contribution is 2.36. The number of rotatable bonds is 3.